The van der Waals surface area contributed by atoms with Gasteiger partial charge in [0.1, 0.15) is 11.1 Å². The van der Waals surface area contributed by atoms with Gasteiger partial charge in [-0.25, -0.2) is 4.79 Å². The van der Waals surface area contributed by atoms with E-state index in [1.807, 2.05) is 0 Å². The lowest BCUT2D eigenvalue weighted by atomic mass is 9.82. The van der Waals surface area contributed by atoms with E-state index >= 15 is 0 Å². The molecule has 0 radical (unpaired) electrons. The van der Waals surface area contributed by atoms with Gasteiger partial charge in [0.05, 0.1) is 0 Å². The van der Waals surface area contributed by atoms with Crippen LogP contribution in [0.2, 0.25) is 0 Å². The van der Waals surface area contributed by atoms with Crippen LogP contribution in [0, 0.1) is 0 Å². The average molecular weight is 316 g/mol. The minimum absolute atomic E-state index is 0.0695. The van der Waals surface area contributed by atoms with Gasteiger partial charge in [-0.15, -0.1) is 0 Å². The molecule has 2 amide bonds. The number of primary amides is 1. The van der Waals surface area contributed by atoms with Gasteiger partial charge in [-0.3, -0.25) is 9.00 Å². The number of fused-ring (bicyclic) bond motifs is 2. The molecule has 3 N–H and O–H groups in total. The fourth-order valence-corrected chi connectivity index (χ4v) is 5.41. The molecule has 7 heteroatoms. The molecule has 2 aliphatic rings. The molecule has 21 heavy (non-hydrogen) atoms. The first-order valence-electron chi connectivity index (χ1n) is 7.33. The molecule has 0 aromatic carbocycles. The second-order valence-corrected chi connectivity index (χ2v) is 8.98. The molecule has 0 spiro atoms. The van der Waals surface area contributed by atoms with Crippen molar-refractivity contribution < 1.29 is 18.5 Å². The molecule has 120 valence electrons. The van der Waals surface area contributed by atoms with Crippen LogP contribution in [-0.2, 0) is 20.3 Å². The van der Waals surface area contributed by atoms with Gasteiger partial charge in [-0.2, -0.15) is 0 Å². The number of amides is 2. The van der Waals surface area contributed by atoms with E-state index in [1.54, 1.807) is 20.8 Å². The molecular formula is C14H24N2O4S. The highest BCUT2D eigenvalue weighted by atomic mass is 32.2. The number of rotatable bonds is 2. The van der Waals surface area contributed by atoms with Gasteiger partial charge < -0.3 is 15.8 Å². The first-order chi connectivity index (χ1) is 9.63. The summed E-state index contributed by atoms with van der Waals surface area (Å²) in [7, 11) is -0.933. The minimum Gasteiger partial charge on any atom is -0.444 e. The summed E-state index contributed by atoms with van der Waals surface area (Å²) < 4.78 is 17.5. The maximum atomic E-state index is 12.2. The summed E-state index contributed by atoms with van der Waals surface area (Å²) in [5.41, 5.74) is 3.78. The van der Waals surface area contributed by atoms with E-state index in [1.165, 1.54) is 0 Å². The predicted molar refractivity (Wildman–Crippen MR) is 80.1 cm³/mol. The lowest BCUT2D eigenvalue weighted by molar-refractivity contribution is -0.125. The summed E-state index contributed by atoms with van der Waals surface area (Å²) in [4.78, 5) is 24.0. The molecular weight excluding hydrogens is 292 g/mol. The molecule has 0 saturated carbocycles. The Kier molecular flexibility index (Phi) is 4.33. The highest BCUT2D eigenvalue weighted by molar-refractivity contribution is 7.86. The van der Waals surface area contributed by atoms with Crippen molar-refractivity contribution in [1.82, 2.24) is 5.32 Å². The van der Waals surface area contributed by atoms with Crippen molar-refractivity contribution in [2.45, 2.75) is 74.5 Å². The van der Waals surface area contributed by atoms with Crippen molar-refractivity contribution in [3.05, 3.63) is 0 Å². The largest absolute Gasteiger partial charge is 0.444 e. The number of carbonyl (C=O) groups excluding carboxylic acids is 2. The van der Waals surface area contributed by atoms with Crippen LogP contribution in [0.15, 0.2) is 0 Å². The number of alkyl carbamates (subject to hydrolysis) is 1. The first-order valence-corrected chi connectivity index (χ1v) is 8.61. The van der Waals surface area contributed by atoms with Crippen LogP contribution in [0.4, 0.5) is 4.79 Å². The number of hydrogen-bond acceptors (Lipinski definition) is 4. The average Bonchev–Trinajstić information content (AvgIpc) is 2.27. The van der Waals surface area contributed by atoms with E-state index in [0.717, 1.165) is 19.3 Å². The first kappa shape index (κ1) is 16.3. The fourth-order valence-electron chi connectivity index (χ4n) is 3.17. The van der Waals surface area contributed by atoms with Crippen LogP contribution in [0.3, 0.4) is 0 Å². The number of nitrogens with two attached hydrogens (primary N) is 1. The number of nitrogens with one attached hydrogen (secondary N) is 1. The Morgan fingerprint density at radius 1 is 1.24 bits per heavy atom. The highest BCUT2D eigenvalue weighted by Gasteiger charge is 2.51. The van der Waals surface area contributed by atoms with Crippen LogP contribution in [0.1, 0.15) is 52.9 Å². The molecule has 2 unspecified atom stereocenters. The normalized spacial score (nSPS) is 35.9. The third-order valence-corrected chi connectivity index (χ3v) is 6.19. The standard InChI is InChI=1S/C14H24N2O4S/c1-13(2,3)20-12(18)16-14(11(15)17)7-9-5-4-6-10(8-14)21(9)19/h9-10H,4-8H2,1-3H3,(H2,15,17)(H,16,18). The Balaban J connectivity index is 2.17. The SMILES string of the molecule is CC(C)(C)OC(=O)NC1(C(N)=O)CC2CCCC(C1)S2=O. The summed E-state index contributed by atoms with van der Waals surface area (Å²) in [6.07, 6.45) is 2.67. The number of carbonyl (C=O) groups is 2. The summed E-state index contributed by atoms with van der Waals surface area (Å²) in [5, 5.41) is 2.53. The summed E-state index contributed by atoms with van der Waals surface area (Å²) in [5.74, 6) is -0.568. The van der Waals surface area contributed by atoms with Crippen molar-refractivity contribution in [3.8, 4) is 0 Å². The number of hydrogen-bond donors (Lipinski definition) is 2. The Bertz CT molecular complexity index is 456. The smallest absolute Gasteiger partial charge is 0.408 e. The summed E-state index contributed by atoms with van der Waals surface area (Å²) >= 11 is 0. The van der Waals surface area contributed by atoms with E-state index in [-0.39, 0.29) is 10.5 Å². The van der Waals surface area contributed by atoms with Crippen molar-refractivity contribution >= 4 is 22.8 Å². The van der Waals surface area contributed by atoms with Crippen molar-refractivity contribution in [1.29, 1.82) is 0 Å². The molecule has 2 aliphatic heterocycles. The van der Waals surface area contributed by atoms with Gasteiger partial charge in [-0.1, -0.05) is 6.42 Å². The molecule has 2 bridgehead atoms. The van der Waals surface area contributed by atoms with Gasteiger partial charge in [0.25, 0.3) is 0 Å². The molecule has 6 nitrogen and oxygen atoms in total. The van der Waals surface area contributed by atoms with Crippen LogP contribution < -0.4 is 11.1 Å². The summed E-state index contributed by atoms with van der Waals surface area (Å²) in [6, 6.07) is 0. The fraction of sp³-hybridized carbons (Fsp3) is 0.857. The molecule has 0 aliphatic carbocycles. The molecule has 2 saturated heterocycles. The maximum absolute atomic E-state index is 12.2. The molecule has 2 heterocycles. The Hall–Kier alpha value is -1.11. The van der Waals surface area contributed by atoms with E-state index in [0.29, 0.717) is 12.8 Å². The van der Waals surface area contributed by atoms with Gasteiger partial charge >= 0.3 is 6.09 Å². The Morgan fingerprint density at radius 2 is 1.76 bits per heavy atom. The zero-order valence-corrected chi connectivity index (χ0v) is 13.6. The third kappa shape index (κ3) is 3.56. The monoisotopic (exact) mass is 316 g/mol. The quantitative estimate of drug-likeness (QED) is 0.799. The summed E-state index contributed by atoms with van der Waals surface area (Å²) in [6.45, 7) is 5.27. The van der Waals surface area contributed by atoms with Crippen molar-refractivity contribution in [2.75, 3.05) is 0 Å². The molecule has 2 fully saturated rings. The third-order valence-electron chi connectivity index (χ3n) is 4.07. The van der Waals surface area contributed by atoms with Crippen LogP contribution in [-0.4, -0.2) is 37.8 Å². The van der Waals surface area contributed by atoms with E-state index in [4.69, 9.17) is 10.5 Å². The molecule has 2 rings (SSSR count). The van der Waals surface area contributed by atoms with Gasteiger partial charge in [0.15, 0.2) is 0 Å². The molecule has 0 aromatic rings. The minimum atomic E-state index is -1.13. The molecule has 2 atom stereocenters. The topological polar surface area (TPSA) is 98.5 Å². The maximum Gasteiger partial charge on any atom is 0.408 e. The zero-order chi connectivity index (χ0) is 15.8. The molecule has 0 aromatic heterocycles. The lowest BCUT2D eigenvalue weighted by Crippen LogP contribution is -2.64. The van der Waals surface area contributed by atoms with Crippen molar-refractivity contribution in [3.63, 3.8) is 0 Å². The van der Waals surface area contributed by atoms with E-state index in [9.17, 15) is 13.8 Å². The van der Waals surface area contributed by atoms with Gasteiger partial charge in [0.2, 0.25) is 5.91 Å². The van der Waals surface area contributed by atoms with Gasteiger partial charge in [-0.05, 0) is 46.5 Å². The Labute approximate surface area is 127 Å². The highest BCUT2D eigenvalue weighted by Crippen LogP contribution is 2.39. The van der Waals surface area contributed by atoms with Crippen molar-refractivity contribution in [2.24, 2.45) is 5.73 Å². The van der Waals surface area contributed by atoms with Crippen LogP contribution in [0.5, 0.6) is 0 Å². The lowest BCUT2D eigenvalue weighted by Gasteiger charge is -2.44. The van der Waals surface area contributed by atoms with Gasteiger partial charge in [0, 0.05) is 21.3 Å². The van der Waals surface area contributed by atoms with E-state index < -0.39 is 33.9 Å². The van der Waals surface area contributed by atoms with E-state index in [2.05, 4.69) is 5.32 Å². The second-order valence-electron chi connectivity index (χ2n) is 6.98. The Morgan fingerprint density at radius 3 is 2.19 bits per heavy atom. The number of ether oxygens (including phenoxy) is 1. The predicted octanol–water partition coefficient (Wildman–Crippen LogP) is 1.20. The zero-order valence-electron chi connectivity index (χ0n) is 12.8. The van der Waals surface area contributed by atoms with Crippen LogP contribution >= 0.6 is 0 Å². The second kappa shape index (κ2) is 5.59. The van der Waals surface area contributed by atoms with Crippen LogP contribution in [0.25, 0.3) is 0 Å².